The van der Waals surface area contributed by atoms with E-state index in [1.807, 2.05) is 25.7 Å². The van der Waals surface area contributed by atoms with Gasteiger partial charge in [-0.2, -0.15) is 0 Å². The number of amides is 2. The number of rotatable bonds is 13. The fraction of sp³-hybridized carbons (Fsp3) is 0.714. The molecule has 0 spiro atoms. The molecule has 1 aromatic rings. The molecule has 3 heterocycles. The number of ether oxygens (including phenoxy) is 2. The summed E-state index contributed by atoms with van der Waals surface area (Å²) < 4.78 is 11.0. The molecular formula is C28H44N6O7. The number of aliphatic carboxylic acids is 1. The Morgan fingerprint density at radius 1 is 0.805 bits per heavy atom. The number of nitrogens with zero attached hydrogens (tertiary/aromatic N) is 6. The summed E-state index contributed by atoms with van der Waals surface area (Å²) in [5.74, 6) is -0.627. The average molecular weight is 577 g/mol. The molecule has 13 heteroatoms. The molecule has 2 aliphatic heterocycles. The van der Waals surface area contributed by atoms with Crippen molar-refractivity contribution in [1.82, 2.24) is 24.7 Å². The number of hydrogen-bond donors (Lipinski definition) is 1. The molecule has 2 saturated heterocycles. The zero-order valence-electron chi connectivity index (χ0n) is 24.5. The first-order valence-corrected chi connectivity index (χ1v) is 14.4. The first-order chi connectivity index (χ1) is 19.5. The molecule has 0 saturated carbocycles. The summed E-state index contributed by atoms with van der Waals surface area (Å²) in [6.45, 7) is 12.3. The number of piperazine rings is 2. The Balaban J connectivity index is 1.25. The van der Waals surface area contributed by atoms with Crippen LogP contribution in [-0.4, -0.2) is 131 Å². The Bertz CT molecular complexity index is 1010. The van der Waals surface area contributed by atoms with Crippen LogP contribution in [0.5, 0.6) is 0 Å². The van der Waals surface area contributed by atoms with E-state index in [4.69, 9.17) is 14.6 Å². The molecular weight excluding hydrogens is 532 g/mol. The van der Waals surface area contributed by atoms with Crippen LogP contribution in [0.25, 0.3) is 0 Å². The molecule has 41 heavy (non-hydrogen) atoms. The minimum atomic E-state index is -0.958. The highest BCUT2D eigenvalue weighted by Crippen LogP contribution is 2.14. The molecule has 0 radical (unpaired) electrons. The van der Waals surface area contributed by atoms with Crippen molar-refractivity contribution in [3.63, 3.8) is 0 Å². The molecule has 2 fully saturated rings. The van der Waals surface area contributed by atoms with Crippen molar-refractivity contribution in [2.75, 3.05) is 77.0 Å². The average Bonchev–Trinajstić information content (AvgIpc) is 2.94. The number of carboxylic acids is 1. The Labute approximate surface area is 241 Å². The summed E-state index contributed by atoms with van der Waals surface area (Å²) in [6.07, 6.45) is 4.51. The summed E-state index contributed by atoms with van der Waals surface area (Å²) in [4.78, 5) is 64.0. The third-order valence-electron chi connectivity index (χ3n) is 6.93. The molecule has 3 rings (SSSR count). The van der Waals surface area contributed by atoms with Crippen molar-refractivity contribution < 1.29 is 33.8 Å². The number of hydrogen-bond acceptors (Lipinski definition) is 10. The maximum absolute atomic E-state index is 12.6. The summed E-state index contributed by atoms with van der Waals surface area (Å²) >= 11 is 0. The molecule has 0 unspecified atom stereocenters. The van der Waals surface area contributed by atoms with Crippen LogP contribution in [0.3, 0.4) is 0 Å². The van der Waals surface area contributed by atoms with Gasteiger partial charge in [-0.1, -0.05) is 0 Å². The number of carbonyl (C=O) groups excluding carboxylic acids is 3. The lowest BCUT2D eigenvalue weighted by molar-refractivity contribution is -0.154. The molecule has 2 amide bonds. The summed E-state index contributed by atoms with van der Waals surface area (Å²) in [5.41, 5.74) is 0.377. The summed E-state index contributed by atoms with van der Waals surface area (Å²) in [6, 6.07) is 0. The van der Waals surface area contributed by atoms with Crippen molar-refractivity contribution in [2.45, 2.75) is 58.5 Å². The van der Waals surface area contributed by atoms with Gasteiger partial charge in [0.15, 0.2) is 0 Å². The minimum absolute atomic E-state index is 0.0428. The largest absolute Gasteiger partial charge is 0.481 e. The van der Waals surface area contributed by atoms with E-state index in [1.54, 1.807) is 17.3 Å². The van der Waals surface area contributed by atoms with Gasteiger partial charge in [0.2, 0.25) is 17.8 Å². The second-order valence-corrected chi connectivity index (χ2v) is 11.3. The number of aromatic nitrogens is 2. The Morgan fingerprint density at radius 3 is 1.98 bits per heavy atom. The summed E-state index contributed by atoms with van der Waals surface area (Å²) in [5, 5.41) is 8.73. The molecule has 0 aromatic carbocycles. The van der Waals surface area contributed by atoms with E-state index in [-0.39, 0.29) is 37.0 Å². The normalized spacial score (nSPS) is 16.5. The highest BCUT2D eigenvalue weighted by Gasteiger charge is 2.24. The fourth-order valence-corrected chi connectivity index (χ4v) is 4.64. The first kappa shape index (κ1) is 32.2. The predicted molar refractivity (Wildman–Crippen MR) is 150 cm³/mol. The first-order valence-electron chi connectivity index (χ1n) is 14.4. The number of aryl methyl sites for hydroxylation is 1. The van der Waals surface area contributed by atoms with Crippen molar-refractivity contribution in [3.05, 3.63) is 18.0 Å². The maximum Gasteiger partial charge on any atom is 0.306 e. The Morgan fingerprint density at radius 2 is 1.39 bits per heavy atom. The minimum Gasteiger partial charge on any atom is -0.481 e. The van der Waals surface area contributed by atoms with Crippen molar-refractivity contribution in [1.29, 1.82) is 0 Å². The molecule has 228 valence electrons. The number of anilines is 1. The molecule has 0 aliphatic carbocycles. The van der Waals surface area contributed by atoms with E-state index >= 15 is 0 Å². The molecule has 13 nitrogen and oxygen atoms in total. The van der Waals surface area contributed by atoms with E-state index in [1.165, 1.54) is 0 Å². The predicted octanol–water partition coefficient (Wildman–Crippen LogP) is 0.815. The number of carboxylic acid groups (broad SMARTS) is 1. The van der Waals surface area contributed by atoms with Crippen LogP contribution in [-0.2, 0) is 35.1 Å². The van der Waals surface area contributed by atoms with Gasteiger partial charge in [0.25, 0.3) is 0 Å². The number of carbonyl (C=O) groups is 4. The fourth-order valence-electron chi connectivity index (χ4n) is 4.64. The second-order valence-electron chi connectivity index (χ2n) is 11.3. The van der Waals surface area contributed by atoms with E-state index < -0.39 is 11.6 Å². The Hall–Kier alpha value is -3.32. The third kappa shape index (κ3) is 11.6. The highest BCUT2D eigenvalue weighted by atomic mass is 16.6. The molecule has 0 bridgehead atoms. The zero-order chi connectivity index (χ0) is 29.8. The quantitative estimate of drug-likeness (QED) is 0.263. The Kier molecular flexibility index (Phi) is 12.3. The lowest BCUT2D eigenvalue weighted by Gasteiger charge is -2.35. The van der Waals surface area contributed by atoms with Gasteiger partial charge < -0.3 is 29.3 Å². The zero-order valence-corrected chi connectivity index (χ0v) is 24.5. The van der Waals surface area contributed by atoms with Crippen molar-refractivity contribution in [3.8, 4) is 0 Å². The molecule has 0 atom stereocenters. The smallest absolute Gasteiger partial charge is 0.306 e. The van der Waals surface area contributed by atoms with Crippen LogP contribution in [0.15, 0.2) is 12.4 Å². The summed E-state index contributed by atoms with van der Waals surface area (Å²) in [7, 11) is 0. The van der Waals surface area contributed by atoms with Crippen LogP contribution >= 0.6 is 0 Å². The molecule has 2 aliphatic rings. The van der Waals surface area contributed by atoms with E-state index in [0.29, 0.717) is 71.3 Å². The van der Waals surface area contributed by atoms with Crippen LogP contribution in [0.1, 0.15) is 52.0 Å². The van der Waals surface area contributed by atoms with Crippen molar-refractivity contribution >= 4 is 29.7 Å². The molecule has 1 aromatic heterocycles. The molecule has 1 N–H and O–H groups in total. The maximum atomic E-state index is 12.6. The monoisotopic (exact) mass is 576 g/mol. The third-order valence-corrected chi connectivity index (χ3v) is 6.93. The van der Waals surface area contributed by atoms with Gasteiger partial charge >= 0.3 is 11.9 Å². The lowest BCUT2D eigenvalue weighted by Crippen LogP contribution is -2.49. The topological polar surface area (TPSA) is 146 Å². The van der Waals surface area contributed by atoms with Crippen LogP contribution in [0.2, 0.25) is 0 Å². The van der Waals surface area contributed by atoms with Gasteiger partial charge in [0.1, 0.15) is 5.60 Å². The SMILES string of the molecule is CC(C)(C)OC(=O)CCc1cnc(N2CCN(C(=O)CCOCCN3CCN(C(=O)CCC(=O)O)CC3)CC2)nc1. The highest BCUT2D eigenvalue weighted by molar-refractivity contribution is 5.80. The van der Waals surface area contributed by atoms with Crippen LogP contribution in [0, 0.1) is 0 Å². The second kappa shape index (κ2) is 15.6. The van der Waals surface area contributed by atoms with Gasteiger partial charge in [-0.25, -0.2) is 9.97 Å². The lowest BCUT2D eigenvalue weighted by atomic mass is 10.1. The van der Waals surface area contributed by atoms with Crippen LogP contribution < -0.4 is 4.90 Å². The van der Waals surface area contributed by atoms with Crippen molar-refractivity contribution in [2.24, 2.45) is 0 Å². The van der Waals surface area contributed by atoms with Gasteiger partial charge in [-0.3, -0.25) is 24.1 Å². The van der Waals surface area contributed by atoms with E-state index in [2.05, 4.69) is 19.8 Å². The van der Waals surface area contributed by atoms with E-state index in [9.17, 15) is 19.2 Å². The van der Waals surface area contributed by atoms with Gasteiger partial charge in [0, 0.05) is 84.1 Å². The van der Waals surface area contributed by atoms with Gasteiger partial charge in [0.05, 0.1) is 26.1 Å². The van der Waals surface area contributed by atoms with Crippen LogP contribution in [0.4, 0.5) is 5.95 Å². The van der Waals surface area contributed by atoms with E-state index in [0.717, 1.165) is 25.2 Å². The van der Waals surface area contributed by atoms with Gasteiger partial charge in [-0.05, 0) is 32.8 Å². The number of esters is 1. The van der Waals surface area contributed by atoms with Gasteiger partial charge in [-0.15, -0.1) is 0 Å². The standard InChI is InChI=1S/C28H44N6O7/c1-28(2,3)41-26(39)7-4-22-20-29-27(30-21-22)34-15-13-33(14-16-34)24(36)8-18-40-19-17-31-9-11-32(12-10-31)23(35)5-6-25(37)38/h20-21H,4-19H2,1-3H3,(H,37,38).